The van der Waals surface area contributed by atoms with Gasteiger partial charge in [-0.25, -0.2) is 0 Å². The molecule has 128 valence electrons. The van der Waals surface area contributed by atoms with Crippen molar-refractivity contribution in [1.82, 2.24) is 5.32 Å². The molecule has 0 aromatic heterocycles. The highest BCUT2D eigenvalue weighted by Crippen LogP contribution is 2.16. The molecule has 0 amide bonds. The first-order valence-electron chi connectivity index (χ1n) is 6.91. The standard InChI is InChI=1S/C13H21N3O5SSi/c1-19-23(20-2,21-3)10-4-9-14-13(22)15-11-5-7-12(8-6-11)16(17)18/h5-8H,4,9-10H2,1-3H3,(H2,14,15,22). The lowest BCUT2D eigenvalue weighted by molar-refractivity contribution is -0.384. The summed E-state index contributed by atoms with van der Waals surface area (Å²) in [6, 6.07) is 6.71. The summed E-state index contributed by atoms with van der Waals surface area (Å²) in [5.41, 5.74) is 0.719. The van der Waals surface area contributed by atoms with Crippen LogP contribution in [0.4, 0.5) is 11.4 Å². The van der Waals surface area contributed by atoms with Gasteiger partial charge >= 0.3 is 8.80 Å². The normalized spacial score (nSPS) is 11.1. The molecule has 0 aliphatic rings. The number of benzene rings is 1. The van der Waals surface area contributed by atoms with Crippen molar-refractivity contribution in [2.24, 2.45) is 0 Å². The van der Waals surface area contributed by atoms with Gasteiger partial charge in [0.1, 0.15) is 0 Å². The van der Waals surface area contributed by atoms with E-state index in [0.29, 0.717) is 23.4 Å². The van der Waals surface area contributed by atoms with Crippen LogP contribution in [0.1, 0.15) is 6.42 Å². The molecule has 0 radical (unpaired) electrons. The average Bonchev–Trinajstić information content (AvgIpc) is 2.56. The van der Waals surface area contributed by atoms with Crippen molar-refractivity contribution in [3.63, 3.8) is 0 Å². The summed E-state index contributed by atoms with van der Waals surface area (Å²) < 4.78 is 16.0. The molecule has 1 rings (SSSR count). The van der Waals surface area contributed by atoms with Crippen LogP contribution in [0.5, 0.6) is 0 Å². The van der Waals surface area contributed by atoms with Gasteiger partial charge in [-0.1, -0.05) is 0 Å². The smallest absolute Gasteiger partial charge is 0.377 e. The molecule has 0 heterocycles. The first-order valence-corrected chi connectivity index (χ1v) is 9.25. The first kappa shape index (κ1) is 19.5. The largest absolute Gasteiger partial charge is 0.500 e. The van der Waals surface area contributed by atoms with Crippen molar-refractivity contribution >= 4 is 37.5 Å². The van der Waals surface area contributed by atoms with Gasteiger partial charge in [-0.15, -0.1) is 0 Å². The molecule has 0 saturated heterocycles. The molecule has 0 aliphatic carbocycles. The third-order valence-corrected chi connectivity index (χ3v) is 6.29. The van der Waals surface area contributed by atoms with Crippen molar-refractivity contribution in [2.75, 3.05) is 33.2 Å². The van der Waals surface area contributed by atoms with E-state index in [1.54, 1.807) is 33.5 Å². The van der Waals surface area contributed by atoms with Crippen LogP contribution < -0.4 is 10.6 Å². The van der Waals surface area contributed by atoms with E-state index >= 15 is 0 Å². The Labute approximate surface area is 141 Å². The molecule has 8 nitrogen and oxygen atoms in total. The van der Waals surface area contributed by atoms with E-state index < -0.39 is 13.7 Å². The molecule has 0 spiro atoms. The minimum atomic E-state index is -2.55. The van der Waals surface area contributed by atoms with Gasteiger partial charge in [0.25, 0.3) is 5.69 Å². The molecular weight excluding hydrogens is 338 g/mol. The van der Waals surface area contributed by atoms with Gasteiger partial charge in [0.2, 0.25) is 0 Å². The molecule has 10 heteroatoms. The highest BCUT2D eigenvalue weighted by molar-refractivity contribution is 7.80. The minimum absolute atomic E-state index is 0.0365. The molecule has 0 aliphatic heterocycles. The number of nitro benzene ring substituents is 1. The van der Waals surface area contributed by atoms with Crippen molar-refractivity contribution in [3.05, 3.63) is 34.4 Å². The Bertz CT molecular complexity index is 517. The van der Waals surface area contributed by atoms with E-state index in [1.165, 1.54) is 12.1 Å². The molecule has 0 atom stereocenters. The second-order valence-electron chi connectivity index (χ2n) is 4.58. The van der Waals surface area contributed by atoms with Gasteiger partial charge in [-0.05, 0) is 30.8 Å². The summed E-state index contributed by atoms with van der Waals surface area (Å²) in [6.45, 7) is 0.629. The number of hydrogen-bond donors (Lipinski definition) is 2. The highest BCUT2D eigenvalue weighted by atomic mass is 32.1. The van der Waals surface area contributed by atoms with Crippen molar-refractivity contribution in [3.8, 4) is 0 Å². The maximum Gasteiger partial charge on any atom is 0.500 e. The second kappa shape index (κ2) is 9.52. The quantitative estimate of drug-likeness (QED) is 0.228. The lowest BCUT2D eigenvalue weighted by Crippen LogP contribution is -2.43. The van der Waals surface area contributed by atoms with Crippen LogP contribution in [0.15, 0.2) is 24.3 Å². The molecule has 0 saturated carbocycles. The number of rotatable bonds is 9. The number of nitrogens with zero attached hydrogens (tertiary/aromatic N) is 1. The lowest BCUT2D eigenvalue weighted by atomic mass is 10.3. The molecule has 0 unspecified atom stereocenters. The van der Waals surface area contributed by atoms with Gasteiger partial charge in [-0.3, -0.25) is 10.1 Å². The number of thiocarbonyl (C=S) groups is 1. The zero-order chi connectivity index (χ0) is 17.3. The lowest BCUT2D eigenvalue weighted by Gasteiger charge is -2.24. The van der Waals surface area contributed by atoms with Crippen LogP contribution in [-0.4, -0.2) is 46.7 Å². The van der Waals surface area contributed by atoms with Gasteiger partial charge in [0.15, 0.2) is 5.11 Å². The zero-order valence-electron chi connectivity index (χ0n) is 13.3. The van der Waals surface area contributed by atoms with Crippen molar-refractivity contribution in [2.45, 2.75) is 12.5 Å². The first-order chi connectivity index (χ1) is 11.0. The van der Waals surface area contributed by atoms with Gasteiger partial charge in [-0.2, -0.15) is 0 Å². The van der Waals surface area contributed by atoms with E-state index in [4.69, 9.17) is 25.5 Å². The Morgan fingerprint density at radius 1 is 1.22 bits per heavy atom. The summed E-state index contributed by atoms with van der Waals surface area (Å²) in [5, 5.41) is 17.0. The number of anilines is 1. The summed E-state index contributed by atoms with van der Waals surface area (Å²) in [4.78, 5) is 10.1. The third-order valence-electron chi connectivity index (χ3n) is 3.21. The molecule has 2 N–H and O–H groups in total. The highest BCUT2D eigenvalue weighted by Gasteiger charge is 2.36. The van der Waals surface area contributed by atoms with Crippen LogP contribution >= 0.6 is 12.2 Å². The Balaban J connectivity index is 2.36. The Morgan fingerprint density at radius 2 is 1.78 bits per heavy atom. The monoisotopic (exact) mass is 359 g/mol. The summed E-state index contributed by atoms with van der Waals surface area (Å²) >= 11 is 5.17. The van der Waals surface area contributed by atoms with E-state index in [1.807, 2.05) is 0 Å². The van der Waals surface area contributed by atoms with Crippen LogP contribution in [0.3, 0.4) is 0 Å². The molecule has 0 bridgehead atoms. The fraction of sp³-hybridized carbons (Fsp3) is 0.462. The number of nitro groups is 1. The maximum atomic E-state index is 10.6. The average molecular weight is 359 g/mol. The van der Waals surface area contributed by atoms with Crippen LogP contribution in [0, 0.1) is 10.1 Å². The fourth-order valence-corrected chi connectivity index (χ4v) is 3.85. The van der Waals surface area contributed by atoms with Crippen molar-refractivity contribution < 1.29 is 18.2 Å². The zero-order valence-corrected chi connectivity index (χ0v) is 15.1. The van der Waals surface area contributed by atoms with Crippen LogP contribution in [0.25, 0.3) is 0 Å². The van der Waals surface area contributed by atoms with Gasteiger partial charge < -0.3 is 23.9 Å². The van der Waals surface area contributed by atoms with E-state index in [2.05, 4.69) is 10.6 Å². The van der Waals surface area contributed by atoms with Crippen molar-refractivity contribution in [1.29, 1.82) is 0 Å². The van der Waals surface area contributed by atoms with E-state index in [-0.39, 0.29) is 5.69 Å². The summed E-state index contributed by atoms with van der Waals surface area (Å²) in [5.74, 6) is 0. The maximum absolute atomic E-state index is 10.6. The molecular formula is C13H21N3O5SSi. The predicted molar refractivity (Wildman–Crippen MR) is 93.5 cm³/mol. The molecule has 1 aromatic carbocycles. The Morgan fingerprint density at radius 3 is 2.26 bits per heavy atom. The SMILES string of the molecule is CO[Si](CCCNC(=S)Nc1ccc([N+](=O)[O-])cc1)(OC)OC. The van der Waals surface area contributed by atoms with E-state index in [0.717, 1.165) is 6.42 Å². The molecule has 1 aromatic rings. The van der Waals surface area contributed by atoms with Gasteiger partial charge in [0, 0.05) is 51.7 Å². The van der Waals surface area contributed by atoms with Crippen LogP contribution in [-0.2, 0) is 13.3 Å². The van der Waals surface area contributed by atoms with E-state index in [9.17, 15) is 10.1 Å². The minimum Gasteiger partial charge on any atom is -0.377 e. The van der Waals surface area contributed by atoms with Crippen LogP contribution in [0.2, 0.25) is 6.04 Å². The topological polar surface area (TPSA) is 94.9 Å². The number of hydrogen-bond acceptors (Lipinski definition) is 6. The number of non-ortho nitro benzene ring substituents is 1. The predicted octanol–water partition coefficient (Wildman–Crippen LogP) is 2.15. The third kappa shape index (κ3) is 6.20. The second-order valence-corrected chi connectivity index (χ2v) is 8.08. The Kier molecular flexibility index (Phi) is 8.06. The summed E-state index contributed by atoms with van der Waals surface area (Å²) in [7, 11) is 2.18. The molecule has 0 fully saturated rings. The fourth-order valence-electron chi connectivity index (χ4n) is 1.90. The summed E-state index contributed by atoms with van der Waals surface area (Å²) in [6.07, 6.45) is 0.768. The Hall–Kier alpha value is -1.59. The van der Waals surface area contributed by atoms with Gasteiger partial charge in [0.05, 0.1) is 4.92 Å². The number of nitrogens with one attached hydrogen (secondary N) is 2. The molecule has 23 heavy (non-hydrogen) atoms.